The monoisotopic (exact) mass is 511 g/mol. The Kier molecular flexibility index (Phi) is 8.01. The molecule has 200 valence electrons. The quantitative estimate of drug-likeness (QED) is 0.305. The van der Waals surface area contributed by atoms with E-state index in [1.807, 2.05) is 67.5 Å². The third-order valence-electron chi connectivity index (χ3n) is 6.07. The van der Waals surface area contributed by atoms with Gasteiger partial charge >= 0.3 is 0 Å². The van der Waals surface area contributed by atoms with Crippen LogP contribution in [0, 0.1) is 0 Å². The fourth-order valence-electron chi connectivity index (χ4n) is 3.88. The molecule has 2 heterocycles. The fraction of sp³-hybridized carbons (Fsp3) is 0.520. The van der Waals surface area contributed by atoms with Crippen LogP contribution in [0.2, 0.25) is 0 Å². The Morgan fingerprint density at radius 3 is 2.22 bits per heavy atom. The summed E-state index contributed by atoms with van der Waals surface area (Å²) in [6, 6.07) is 3.76. The van der Waals surface area contributed by atoms with Gasteiger partial charge in [-0.05, 0) is 51.9 Å². The molecular formula is C25H37N9O3. The second-order valence-electron chi connectivity index (χ2n) is 10.9. The smallest absolute Gasteiger partial charge is 0.293 e. The van der Waals surface area contributed by atoms with Crippen molar-refractivity contribution in [1.29, 1.82) is 0 Å². The lowest BCUT2D eigenvalue weighted by Gasteiger charge is -2.27. The molecule has 12 nitrogen and oxygen atoms in total. The zero-order valence-electron chi connectivity index (χ0n) is 22.8. The third kappa shape index (κ3) is 6.13. The predicted molar refractivity (Wildman–Crippen MR) is 141 cm³/mol. The SMILES string of the molecule is CCN(CC)Cc1c(C(=O)N/N=C/c2cc(C(C)(C)C)c(O)c(C(C)(C)C)c2)nnn1-c1nonc1N. The normalized spacial score (nSPS) is 12.6. The van der Waals surface area contributed by atoms with Gasteiger partial charge in [0.2, 0.25) is 11.6 Å². The van der Waals surface area contributed by atoms with Gasteiger partial charge in [0.05, 0.1) is 11.9 Å². The highest BCUT2D eigenvalue weighted by Gasteiger charge is 2.27. The van der Waals surface area contributed by atoms with E-state index in [9.17, 15) is 9.90 Å². The van der Waals surface area contributed by atoms with E-state index in [0.29, 0.717) is 12.2 Å². The summed E-state index contributed by atoms with van der Waals surface area (Å²) in [6.45, 7) is 18.1. The van der Waals surface area contributed by atoms with Crippen molar-refractivity contribution in [1.82, 2.24) is 35.6 Å². The van der Waals surface area contributed by atoms with Gasteiger partial charge in [0, 0.05) is 17.7 Å². The van der Waals surface area contributed by atoms with Crippen molar-refractivity contribution < 1.29 is 14.5 Å². The van der Waals surface area contributed by atoms with Crippen molar-refractivity contribution in [3.8, 4) is 11.6 Å². The van der Waals surface area contributed by atoms with Crippen molar-refractivity contribution in [2.24, 2.45) is 5.10 Å². The number of carbonyl (C=O) groups excluding carboxylic acids is 1. The van der Waals surface area contributed by atoms with E-state index in [1.54, 1.807) is 6.21 Å². The van der Waals surface area contributed by atoms with E-state index in [1.165, 1.54) is 4.68 Å². The van der Waals surface area contributed by atoms with E-state index in [4.69, 9.17) is 10.4 Å². The van der Waals surface area contributed by atoms with Crippen LogP contribution in [-0.4, -0.2) is 60.5 Å². The molecule has 0 spiro atoms. The Hall–Kier alpha value is -3.80. The predicted octanol–water partition coefficient (Wildman–Crippen LogP) is 3.14. The second-order valence-corrected chi connectivity index (χ2v) is 10.9. The first-order chi connectivity index (χ1) is 17.3. The van der Waals surface area contributed by atoms with E-state index < -0.39 is 5.91 Å². The van der Waals surface area contributed by atoms with Gasteiger partial charge in [0.1, 0.15) is 5.75 Å². The zero-order valence-corrected chi connectivity index (χ0v) is 22.8. The first-order valence-electron chi connectivity index (χ1n) is 12.2. The van der Waals surface area contributed by atoms with Gasteiger partial charge in [-0.3, -0.25) is 9.69 Å². The number of nitrogens with two attached hydrogens (primary N) is 1. The molecule has 0 aliphatic carbocycles. The molecule has 0 atom stereocenters. The number of benzene rings is 1. The Balaban J connectivity index is 1.93. The van der Waals surface area contributed by atoms with Crippen LogP contribution >= 0.6 is 0 Å². The number of aromatic hydroxyl groups is 1. The number of nitrogen functional groups attached to an aromatic ring is 1. The number of phenols is 1. The van der Waals surface area contributed by atoms with Gasteiger partial charge in [-0.1, -0.05) is 60.6 Å². The molecule has 0 bridgehead atoms. The van der Waals surface area contributed by atoms with E-state index >= 15 is 0 Å². The number of anilines is 1. The maximum absolute atomic E-state index is 13.1. The van der Waals surface area contributed by atoms with Crippen LogP contribution in [-0.2, 0) is 17.4 Å². The summed E-state index contributed by atoms with van der Waals surface area (Å²) in [5, 5.41) is 30.6. The molecular weight excluding hydrogens is 474 g/mol. The molecule has 3 aromatic rings. The van der Waals surface area contributed by atoms with Gasteiger partial charge in [0.25, 0.3) is 5.91 Å². The lowest BCUT2D eigenvalue weighted by atomic mass is 9.78. The average molecular weight is 512 g/mol. The highest BCUT2D eigenvalue weighted by atomic mass is 16.6. The van der Waals surface area contributed by atoms with E-state index in [2.05, 4.69) is 36.1 Å². The average Bonchev–Trinajstić information content (AvgIpc) is 3.42. The molecule has 0 aliphatic rings. The summed E-state index contributed by atoms with van der Waals surface area (Å²) in [7, 11) is 0. The summed E-state index contributed by atoms with van der Waals surface area (Å²) < 4.78 is 6.06. The number of carbonyl (C=O) groups is 1. The van der Waals surface area contributed by atoms with Gasteiger partial charge in [-0.25, -0.2) is 10.1 Å². The van der Waals surface area contributed by atoms with Crippen molar-refractivity contribution in [3.63, 3.8) is 0 Å². The van der Waals surface area contributed by atoms with Gasteiger partial charge in [-0.15, -0.1) is 5.10 Å². The van der Waals surface area contributed by atoms with Crippen LogP contribution in [0.25, 0.3) is 5.82 Å². The van der Waals surface area contributed by atoms with Crippen LogP contribution in [0.4, 0.5) is 5.82 Å². The zero-order chi connectivity index (χ0) is 27.5. The lowest BCUT2D eigenvalue weighted by molar-refractivity contribution is 0.0948. The van der Waals surface area contributed by atoms with Crippen LogP contribution < -0.4 is 11.2 Å². The number of nitrogens with zero attached hydrogens (tertiary/aromatic N) is 7. The molecule has 4 N–H and O–H groups in total. The minimum atomic E-state index is -0.537. The largest absolute Gasteiger partial charge is 0.507 e. The standard InChI is InChI=1S/C25H37N9O3/c1-9-33(10-2)14-18-19(28-32-34(18)22-21(26)30-37-31-22)23(36)29-27-13-15-11-16(24(3,4)5)20(35)17(12-15)25(6,7)8/h11-13,35H,9-10,14H2,1-8H3,(H2,26,30)(H,29,36)/b27-13+. The number of hydrazone groups is 1. The number of amides is 1. The number of hydrogen-bond acceptors (Lipinski definition) is 10. The first kappa shape index (κ1) is 27.8. The Morgan fingerprint density at radius 2 is 1.73 bits per heavy atom. The van der Waals surface area contributed by atoms with Crippen molar-refractivity contribution in [2.75, 3.05) is 18.8 Å². The van der Waals surface area contributed by atoms with Crippen LogP contribution in [0.15, 0.2) is 21.9 Å². The number of rotatable bonds is 8. The minimum absolute atomic E-state index is 0.0345. The van der Waals surface area contributed by atoms with E-state index in [0.717, 1.165) is 29.8 Å². The van der Waals surface area contributed by atoms with Gasteiger partial charge < -0.3 is 10.8 Å². The molecule has 3 rings (SSSR count). The third-order valence-corrected chi connectivity index (χ3v) is 6.07. The Labute approximate surface area is 216 Å². The van der Waals surface area contributed by atoms with Crippen LogP contribution in [0.1, 0.15) is 88.3 Å². The minimum Gasteiger partial charge on any atom is -0.507 e. The topological polar surface area (TPSA) is 161 Å². The first-order valence-corrected chi connectivity index (χ1v) is 12.2. The Bertz CT molecular complexity index is 1240. The summed E-state index contributed by atoms with van der Waals surface area (Å²) in [5.74, 6) is -0.0657. The van der Waals surface area contributed by atoms with Gasteiger partial charge in [0.15, 0.2) is 5.69 Å². The molecule has 2 aromatic heterocycles. The van der Waals surface area contributed by atoms with Crippen molar-refractivity contribution >= 4 is 17.9 Å². The van der Waals surface area contributed by atoms with Crippen LogP contribution in [0.5, 0.6) is 5.75 Å². The molecule has 0 saturated heterocycles. The maximum Gasteiger partial charge on any atom is 0.293 e. The number of hydrogen-bond donors (Lipinski definition) is 3. The molecule has 37 heavy (non-hydrogen) atoms. The highest BCUT2D eigenvalue weighted by Crippen LogP contribution is 2.39. The van der Waals surface area contributed by atoms with Gasteiger partial charge in [-0.2, -0.15) is 9.78 Å². The molecule has 12 heteroatoms. The molecule has 1 aromatic carbocycles. The summed E-state index contributed by atoms with van der Waals surface area (Å²) >= 11 is 0. The molecule has 0 saturated carbocycles. The molecule has 1 amide bonds. The van der Waals surface area contributed by atoms with Crippen LogP contribution in [0.3, 0.4) is 0 Å². The molecule has 0 unspecified atom stereocenters. The van der Waals surface area contributed by atoms with E-state index in [-0.39, 0.29) is 33.9 Å². The summed E-state index contributed by atoms with van der Waals surface area (Å²) in [6.07, 6.45) is 1.55. The Morgan fingerprint density at radius 1 is 1.14 bits per heavy atom. The second kappa shape index (κ2) is 10.7. The van der Waals surface area contributed by atoms with Crippen molar-refractivity contribution in [3.05, 3.63) is 40.2 Å². The summed E-state index contributed by atoms with van der Waals surface area (Å²) in [5.41, 5.74) is 10.7. The molecule has 0 radical (unpaired) electrons. The summed E-state index contributed by atoms with van der Waals surface area (Å²) in [4.78, 5) is 15.2. The number of nitrogens with one attached hydrogen (secondary N) is 1. The fourth-order valence-corrected chi connectivity index (χ4v) is 3.88. The molecule has 0 aliphatic heterocycles. The lowest BCUT2D eigenvalue weighted by Crippen LogP contribution is -2.27. The maximum atomic E-state index is 13.1. The highest BCUT2D eigenvalue weighted by molar-refractivity contribution is 5.94. The number of aromatic nitrogens is 5. The molecule has 0 fully saturated rings. The number of phenolic OH excluding ortho intramolecular Hbond substituents is 1. The van der Waals surface area contributed by atoms with Crippen molar-refractivity contribution in [2.45, 2.75) is 72.8 Å².